The van der Waals surface area contributed by atoms with E-state index in [1.165, 1.54) is 0 Å². The van der Waals surface area contributed by atoms with E-state index in [4.69, 9.17) is 16.7 Å². The van der Waals surface area contributed by atoms with Gasteiger partial charge in [-0.15, -0.1) is 0 Å². The summed E-state index contributed by atoms with van der Waals surface area (Å²) in [5.74, 6) is 0.236. The number of nitrogens with zero attached hydrogens (tertiary/aromatic N) is 2. The highest BCUT2D eigenvalue weighted by Gasteiger charge is 2.29. The molecule has 22 heavy (non-hydrogen) atoms. The summed E-state index contributed by atoms with van der Waals surface area (Å²) in [4.78, 5) is 16.3. The highest BCUT2D eigenvalue weighted by Crippen LogP contribution is 2.23. The standard InChI is InChI=1S/C16H22ClN3O2/c17-13-1-3-15(4-2-13)19-8-6-14(10-19)18-16(22)20-7-5-12(9-20)11-21/h1-4,12,14,21H,5-11H2,(H,18,22). The monoisotopic (exact) mass is 323 g/mol. The van der Waals surface area contributed by atoms with Crippen molar-refractivity contribution >= 4 is 23.3 Å². The van der Waals surface area contributed by atoms with Crippen molar-refractivity contribution in [3.63, 3.8) is 0 Å². The Bertz CT molecular complexity index is 523. The summed E-state index contributed by atoms with van der Waals surface area (Å²) in [7, 11) is 0. The van der Waals surface area contributed by atoms with Gasteiger partial charge in [-0.2, -0.15) is 0 Å². The number of carbonyl (C=O) groups excluding carboxylic acids is 1. The van der Waals surface area contributed by atoms with Gasteiger partial charge in [0, 0.05) is 55.5 Å². The number of hydrogen-bond donors (Lipinski definition) is 2. The fourth-order valence-corrected chi connectivity index (χ4v) is 3.32. The second-order valence-electron chi connectivity index (χ2n) is 6.14. The van der Waals surface area contributed by atoms with Crippen molar-refractivity contribution in [3.8, 4) is 0 Å². The number of benzene rings is 1. The molecule has 2 fully saturated rings. The van der Waals surface area contributed by atoms with Crippen LogP contribution in [-0.4, -0.2) is 54.9 Å². The fourth-order valence-electron chi connectivity index (χ4n) is 3.20. The third kappa shape index (κ3) is 3.47. The minimum Gasteiger partial charge on any atom is -0.396 e. The van der Waals surface area contributed by atoms with Crippen LogP contribution >= 0.6 is 11.6 Å². The van der Waals surface area contributed by atoms with Gasteiger partial charge in [0.25, 0.3) is 0 Å². The average Bonchev–Trinajstić information content (AvgIpc) is 3.17. The largest absolute Gasteiger partial charge is 0.396 e. The van der Waals surface area contributed by atoms with Crippen molar-refractivity contribution < 1.29 is 9.90 Å². The molecule has 3 rings (SSSR count). The van der Waals surface area contributed by atoms with Gasteiger partial charge in [0.15, 0.2) is 0 Å². The van der Waals surface area contributed by atoms with Crippen LogP contribution in [-0.2, 0) is 0 Å². The molecule has 2 atom stereocenters. The number of amides is 2. The van der Waals surface area contributed by atoms with E-state index in [2.05, 4.69) is 10.2 Å². The zero-order chi connectivity index (χ0) is 15.5. The lowest BCUT2D eigenvalue weighted by Gasteiger charge is -2.22. The Balaban J connectivity index is 1.50. The molecule has 0 spiro atoms. The van der Waals surface area contributed by atoms with E-state index >= 15 is 0 Å². The fraction of sp³-hybridized carbons (Fsp3) is 0.562. The molecule has 2 amide bonds. The molecule has 6 heteroatoms. The van der Waals surface area contributed by atoms with Crippen molar-refractivity contribution in [1.82, 2.24) is 10.2 Å². The van der Waals surface area contributed by atoms with Gasteiger partial charge in [-0.05, 0) is 37.1 Å². The summed E-state index contributed by atoms with van der Waals surface area (Å²) >= 11 is 5.91. The van der Waals surface area contributed by atoms with E-state index < -0.39 is 0 Å². The number of hydrogen-bond acceptors (Lipinski definition) is 3. The molecule has 1 aromatic carbocycles. The number of urea groups is 1. The lowest BCUT2D eigenvalue weighted by molar-refractivity contribution is 0.195. The van der Waals surface area contributed by atoms with Crippen molar-refractivity contribution in [3.05, 3.63) is 29.3 Å². The van der Waals surface area contributed by atoms with Crippen LogP contribution in [0.2, 0.25) is 5.02 Å². The Kier molecular flexibility index (Phi) is 4.74. The molecular formula is C16H22ClN3O2. The Morgan fingerprint density at radius 3 is 2.68 bits per heavy atom. The third-order valence-corrected chi connectivity index (χ3v) is 4.79. The first-order valence-corrected chi connectivity index (χ1v) is 8.20. The van der Waals surface area contributed by atoms with E-state index in [0.717, 1.165) is 43.2 Å². The molecular weight excluding hydrogens is 302 g/mol. The van der Waals surface area contributed by atoms with Crippen LogP contribution in [0, 0.1) is 5.92 Å². The molecule has 5 nitrogen and oxygen atoms in total. The number of aliphatic hydroxyl groups is 1. The first kappa shape index (κ1) is 15.4. The maximum Gasteiger partial charge on any atom is 0.317 e. The van der Waals surface area contributed by atoms with Crippen LogP contribution in [0.15, 0.2) is 24.3 Å². The summed E-state index contributed by atoms with van der Waals surface area (Å²) in [5.41, 5.74) is 1.14. The highest BCUT2D eigenvalue weighted by atomic mass is 35.5. The first-order valence-electron chi connectivity index (χ1n) is 7.82. The molecule has 2 aliphatic heterocycles. The number of rotatable bonds is 3. The van der Waals surface area contributed by atoms with E-state index in [1.807, 2.05) is 29.2 Å². The molecule has 2 heterocycles. The Morgan fingerprint density at radius 2 is 2.00 bits per heavy atom. The predicted molar refractivity (Wildman–Crippen MR) is 87.4 cm³/mol. The SMILES string of the molecule is O=C(NC1CCN(c2ccc(Cl)cc2)C1)N1CCC(CO)C1. The van der Waals surface area contributed by atoms with Gasteiger partial charge >= 0.3 is 6.03 Å². The van der Waals surface area contributed by atoms with Gasteiger partial charge in [0.05, 0.1) is 0 Å². The second kappa shape index (κ2) is 6.75. The van der Waals surface area contributed by atoms with Crippen LogP contribution in [0.5, 0.6) is 0 Å². The summed E-state index contributed by atoms with van der Waals surface area (Å²) in [6.07, 6.45) is 1.84. The smallest absolute Gasteiger partial charge is 0.317 e. The summed E-state index contributed by atoms with van der Waals surface area (Å²) in [6, 6.07) is 7.98. The maximum atomic E-state index is 12.2. The summed E-state index contributed by atoms with van der Waals surface area (Å²) in [5, 5.41) is 13.0. The van der Waals surface area contributed by atoms with Crippen molar-refractivity contribution in [1.29, 1.82) is 0 Å². The van der Waals surface area contributed by atoms with E-state index in [9.17, 15) is 4.79 Å². The molecule has 2 N–H and O–H groups in total. The molecule has 2 unspecified atom stereocenters. The molecule has 0 saturated carbocycles. The normalized spacial score (nSPS) is 24.8. The second-order valence-corrected chi connectivity index (χ2v) is 6.58. The zero-order valence-electron chi connectivity index (χ0n) is 12.5. The molecule has 0 aliphatic carbocycles. The molecule has 1 aromatic rings. The molecule has 0 bridgehead atoms. The highest BCUT2D eigenvalue weighted by molar-refractivity contribution is 6.30. The Hall–Kier alpha value is -1.46. The van der Waals surface area contributed by atoms with Gasteiger partial charge in [-0.3, -0.25) is 0 Å². The Labute approximate surface area is 135 Å². The molecule has 2 saturated heterocycles. The number of aliphatic hydroxyl groups excluding tert-OH is 1. The van der Waals surface area contributed by atoms with Crippen LogP contribution in [0.3, 0.4) is 0 Å². The van der Waals surface area contributed by atoms with Gasteiger partial charge in [-0.1, -0.05) is 11.6 Å². The predicted octanol–water partition coefficient (Wildman–Crippen LogP) is 1.94. The number of anilines is 1. The van der Waals surface area contributed by atoms with Crippen molar-refractivity contribution in [2.45, 2.75) is 18.9 Å². The van der Waals surface area contributed by atoms with E-state index in [1.54, 1.807) is 0 Å². The number of halogens is 1. The van der Waals surface area contributed by atoms with E-state index in [0.29, 0.717) is 6.54 Å². The van der Waals surface area contributed by atoms with Crippen LogP contribution < -0.4 is 10.2 Å². The van der Waals surface area contributed by atoms with Crippen LogP contribution in [0.1, 0.15) is 12.8 Å². The molecule has 2 aliphatic rings. The lowest BCUT2D eigenvalue weighted by atomic mass is 10.1. The van der Waals surface area contributed by atoms with Gasteiger partial charge in [-0.25, -0.2) is 4.79 Å². The van der Waals surface area contributed by atoms with E-state index in [-0.39, 0.29) is 24.6 Å². The molecule has 0 aromatic heterocycles. The quantitative estimate of drug-likeness (QED) is 0.894. The minimum absolute atomic E-state index is 0.00101. The topological polar surface area (TPSA) is 55.8 Å². The third-order valence-electron chi connectivity index (χ3n) is 4.54. The maximum absolute atomic E-state index is 12.2. The average molecular weight is 324 g/mol. The molecule has 0 radical (unpaired) electrons. The van der Waals surface area contributed by atoms with Crippen LogP contribution in [0.25, 0.3) is 0 Å². The van der Waals surface area contributed by atoms with Crippen LogP contribution in [0.4, 0.5) is 10.5 Å². The van der Waals surface area contributed by atoms with Gasteiger partial charge in [0.1, 0.15) is 0 Å². The number of nitrogens with one attached hydrogen (secondary N) is 1. The van der Waals surface area contributed by atoms with Crippen molar-refractivity contribution in [2.75, 3.05) is 37.7 Å². The Morgan fingerprint density at radius 1 is 1.23 bits per heavy atom. The molecule has 120 valence electrons. The lowest BCUT2D eigenvalue weighted by Crippen LogP contribution is -2.45. The van der Waals surface area contributed by atoms with Crippen molar-refractivity contribution in [2.24, 2.45) is 5.92 Å². The number of likely N-dealkylation sites (tertiary alicyclic amines) is 1. The van der Waals surface area contributed by atoms with Gasteiger partial charge in [0.2, 0.25) is 0 Å². The summed E-state index contributed by atoms with van der Waals surface area (Å²) in [6.45, 7) is 3.33. The summed E-state index contributed by atoms with van der Waals surface area (Å²) < 4.78 is 0. The van der Waals surface area contributed by atoms with Gasteiger partial charge < -0.3 is 20.2 Å². The zero-order valence-corrected chi connectivity index (χ0v) is 13.3. The first-order chi connectivity index (χ1) is 10.7. The minimum atomic E-state index is -0.00101. The number of carbonyl (C=O) groups is 1.